The largest absolute Gasteiger partial charge is 0.389 e. The maximum absolute atomic E-state index is 11.7. The molecular weight excluding hydrogens is 272 g/mol. The molecule has 1 aromatic rings. The van der Waals surface area contributed by atoms with Crippen LogP contribution in [0.2, 0.25) is 0 Å². The summed E-state index contributed by atoms with van der Waals surface area (Å²) in [7, 11) is -3.58. The van der Waals surface area contributed by atoms with Gasteiger partial charge in [0.15, 0.2) is 0 Å². The van der Waals surface area contributed by atoms with Gasteiger partial charge in [-0.1, -0.05) is 12.1 Å². The average Bonchev–Trinajstić information content (AvgIpc) is 2.26. The highest BCUT2D eigenvalue weighted by atomic mass is 32.2. The zero-order chi connectivity index (χ0) is 14.7. The zero-order valence-electron chi connectivity index (χ0n) is 10.7. The van der Waals surface area contributed by atoms with Gasteiger partial charge in [0.05, 0.1) is 16.3 Å². The third kappa shape index (κ3) is 5.77. The summed E-state index contributed by atoms with van der Waals surface area (Å²) in [5.41, 5.74) is -0.790. The number of non-ortho nitro benzene ring substituents is 1. The molecule has 7 nitrogen and oxygen atoms in total. The van der Waals surface area contributed by atoms with Gasteiger partial charge in [-0.25, -0.2) is 13.1 Å². The van der Waals surface area contributed by atoms with Crippen molar-refractivity contribution in [3.8, 4) is 0 Å². The zero-order valence-corrected chi connectivity index (χ0v) is 11.5. The molecular formula is C11H16N2O5S. The molecule has 8 heteroatoms. The van der Waals surface area contributed by atoms with Gasteiger partial charge in [0.2, 0.25) is 10.0 Å². The van der Waals surface area contributed by atoms with Crippen molar-refractivity contribution in [1.82, 2.24) is 4.72 Å². The van der Waals surface area contributed by atoms with Gasteiger partial charge in [-0.3, -0.25) is 10.1 Å². The third-order valence-electron chi connectivity index (χ3n) is 2.23. The van der Waals surface area contributed by atoms with E-state index in [9.17, 15) is 23.6 Å². The van der Waals surface area contributed by atoms with E-state index >= 15 is 0 Å². The van der Waals surface area contributed by atoms with Crippen molar-refractivity contribution in [2.24, 2.45) is 0 Å². The summed E-state index contributed by atoms with van der Waals surface area (Å²) in [4.78, 5) is 9.91. The molecule has 0 bridgehead atoms. The van der Waals surface area contributed by atoms with E-state index in [4.69, 9.17) is 0 Å². The first-order valence-electron chi connectivity index (χ1n) is 5.52. The Morgan fingerprint density at radius 3 is 2.26 bits per heavy atom. The van der Waals surface area contributed by atoms with Crippen molar-refractivity contribution < 1.29 is 18.4 Å². The van der Waals surface area contributed by atoms with Crippen LogP contribution in [0, 0.1) is 10.1 Å². The fourth-order valence-electron chi connectivity index (χ4n) is 1.27. The van der Waals surface area contributed by atoms with E-state index in [2.05, 4.69) is 4.72 Å². The number of aliphatic hydroxyl groups is 1. The Morgan fingerprint density at radius 2 is 1.84 bits per heavy atom. The lowest BCUT2D eigenvalue weighted by Gasteiger charge is -2.17. The minimum Gasteiger partial charge on any atom is -0.389 e. The molecule has 0 aliphatic rings. The van der Waals surface area contributed by atoms with Crippen molar-refractivity contribution in [2.75, 3.05) is 6.54 Å². The number of nitro benzene ring substituents is 1. The molecule has 1 aromatic carbocycles. The Labute approximate surface area is 111 Å². The number of benzene rings is 1. The number of nitrogens with zero attached hydrogens (tertiary/aromatic N) is 1. The van der Waals surface area contributed by atoms with Gasteiger partial charge >= 0.3 is 0 Å². The predicted molar refractivity (Wildman–Crippen MR) is 70.0 cm³/mol. The second-order valence-electron chi connectivity index (χ2n) is 4.82. The topological polar surface area (TPSA) is 110 Å². The maximum atomic E-state index is 11.7. The Hall–Kier alpha value is -1.51. The van der Waals surface area contributed by atoms with Crippen LogP contribution in [0.25, 0.3) is 0 Å². The number of hydrogen-bond donors (Lipinski definition) is 2. The molecule has 0 unspecified atom stereocenters. The molecule has 0 heterocycles. The van der Waals surface area contributed by atoms with Crippen LogP contribution < -0.4 is 4.72 Å². The summed E-state index contributed by atoms with van der Waals surface area (Å²) >= 11 is 0. The molecule has 0 saturated carbocycles. The number of nitrogens with one attached hydrogen (secondary N) is 1. The highest BCUT2D eigenvalue weighted by Crippen LogP contribution is 2.13. The molecule has 0 spiro atoms. The van der Waals surface area contributed by atoms with Crippen molar-refractivity contribution >= 4 is 15.7 Å². The Balaban J connectivity index is 2.70. The van der Waals surface area contributed by atoms with Crippen LogP contribution in [0.3, 0.4) is 0 Å². The quantitative estimate of drug-likeness (QED) is 0.594. The van der Waals surface area contributed by atoms with Gasteiger partial charge in [-0.15, -0.1) is 0 Å². The first-order chi connectivity index (χ1) is 8.59. The number of hydrogen-bond acceptors (Lipinski definition) is 5. The fraction of sp³-hybridized carbons (Fsp3) is 0.455. The second-order valence-corrected chi connectivity index (χ2v) is 6.62. The summed E-state index contributed by atoms with van der Waals surface area (Å²) in [6.45, 7) is 2.88. The van der Waals surface area contributed by atoms with Crippen LogP contribution in [0.1, 0.15) is 19.4 Å². The highest BCUT2D eigenvalue weighted by molar-refractivity contribution is 7.88. The summed E-state index contributed by atoms with van der Waals surface area (Å²) in [6.07, 6.45) is 0. The van der Waals surface area contributed by atoms with Crippen LogP contribution in [0.5, 0.6) is 0 Å². The minimum atomic E-state index is -3.58. The number of sulfonamides is 1. The molecule has 0 saturated heterocycles. The Bertz CT molecular complexity index is 545. The second kappa shape index (κ2) is 5.64. The Kier molecular flexibility index (Phi) is 4.61. The lowest BCUT2D eigenvalue weighted by Crippen LogP contribution is -2.38. The van der Waals surface area contributed by atoms with E-state index in [-0.39, 0.29) is 18.0 Å². The Morgan fingerprint density at radius 1 is 1.32 bits per heavy atom. The van der Waals surface area contributed by atoms with Gasteiger partial charge < -0.3 is 5.11 Å². The van der Waals surface area contributed by atoms with Crippen LogP contribution in [-0.4, -0.2) is 30.6 Å². The standard InChI is InChI=1S/C11H16N2O5S/c1-11(2,14)8-12-19(17,18)7-9-3-5-10(6-4-9)13(15)16/h3-6,12,14H,7-8H2,1-2H3. The smallest absolute Gasteiger partial charge is 0.269 e. The van der Waals surface area contributed by atoms with Crippen LogP contribution >= 0.6 is 0 Å². The molecule has 0 fully saturated rings. The molecule has 19 heavy (non-hydrogen) atoms. The first-order valence-corrected chi connectivity index (χ1v) is 7.17. The molecule has 0 atom stereocenters. The molecule has 106 valence electrons. The average molecular weight is 288 g/mol. The van der Waals surface area contributed by atoms with Crippen LogP contribution in [0.4, 0.5) is 5.69 Å². The van der Waals surface area contributed by atoms with E-state index in [1.807, 2.05) is 0 Å². The summed E-state index contributed by atoms with van der Waals surface area (Å²) < 4.78 is 25.7. The van der Waals surface area contributed by atoms with Crippen LogP contribution in [-0.2, 0) is 15.8 Å². The van der Waals surface area contributed by atoms with Gasteiger partial charge in [0.25, 0.3) is 5.69 Å². The molecule has 0 aromatic heterocycles. The number of rotatable bonds is 6. The van der Waals surface area contributed by atoms with E-state index in [0.29, 0.717) is 5.56 Å². The fourth-order valence-corrected chi connectivity index (χ4v) is 2.58. The highest BCUT2D eigenvalue weighted by Gasteiger charge is 2.18. The minimum absolute atomic E-state index is 0.0920. The summed E-state index contributed by atoms with van der Waals surface area (Å²) in [5.74, 6) is -0.291. The molecule has 0 aliphatic heterocycles. The van der Waals surface area contributed by atoms with Crippen molar-refractivity contribution in [3.05, 3.63) is 39.9 Å². The SMILES string of the molecule is CC(C)(O)CNS(=O)(=O)Cc1ccc([N+](=O)[O-])cc1. The predicted octanol–water partition coefficient (Wildman–Crippen LogP) is 0.785. The van der Waals surface area contributed by atoms with Crippen LogP contribution in [0.15, 0.2) is 24.3 Å². The van der Waals surface area contributed by atoms with Gasteiger partial charge in [0, 0.05) is 18.7 Å². The molecule has 0 radical (unpaired) electrons. The van der Waals surface area contributed by atoms with E-state index in [0.717, 1.165) is 0 Å². The molecule has 0 aliphatic carbocycles. The van der Waals surface area contributed by atoms with Crippen molar-refractivity contribution in [2.45, 2.75) is 25.2 Å². The third-order valence-corrected chi connectivity index (χ3v) is 3.53. The monoisotopic (exact) mass is 288 g/mol. The molecule has 0 amide bonds. The normalized spacial score (nSPS) is 12.4. The first kappa shape index (κ1) is 15.5. The van der Waals surface area contributed by atoms with Gasteiger partial charge in [-0.2, -0.15) is 0 Å². The van der Waals surface area contributed by atoms with Gasteiger partial charge in [0.1, 0.15) is 0 Å². The van der Waals surface area contributed by atoms with Gasteiger partial charge in [-0.05, 0) is 19.4 Å². The molecule has 2 N–H and O–H groups in total. The summed E-state index contributed by atoms with van der Waals surface area (Å²) in [6, 6.07) is 5.28. The summed E-state index contributed by atoms with van der Waals surface area (Å²) in [5, 5.41) is 19.9. The molecule has 1 rings (SSSR count). The van der Waals surface area contributed by atoms with E-state index in [1.165, 1.54) is 38.1 Å². The number of nitro groups is 1. The maximum Gasteiger partial charge on any atom is 0.269 e. The van der Waals surface area contributed by atoms with E-state index < -0.39 is 20.5 Å². The lowest BCUT2D eigenvalue weighted by molar-refractivity contribution is -0.384. The lowest BCUT2D eigenvalue weighted by atomic mass is 10.1. The van der Waals surface area contributed by atoms with Crippen molar-refractivity contribution in [1.29, 1.82) is 0 Å². The van der Waals surface area contributed by atoms with Crippen molar-refractivity contribution in [3.63, 3.8) is 0 Å². The van der Waals surface area contributed by atoms with E-state index in [1.54, 1.807) is 0 Å².